The lowest BCUT2D eigenvalue weighted by molar-refractivity contribution is -0.118. The summed E-state index contributed by atoms with van der Waals surface area (Å²) in [6.45, 7) is 3.77. The van der Waals surface area contributed by atoms with Gasteiger partial charge in [0, 0.05) is 11.4 Å². The van der Waals surface area contributed by atoms with E-state index < -0.39 is 0 Å². The topological polar surface area (TPSA) is 76.5 Å². The number of rotatable bonds is 6. The number of halogens is 2. The van der Waals surface area contributed by atoms with Crippen LogP contribution in [0.3, 0.4) is 0 Å². The minimum Gasteiger partial charge on any atom is -0.494 e. The molecule has 0 aliphatic rings. The Morgan fingerprint density at radius 2 is 1.84 bits per heavy atom. The van der Waals surface area contributed by atoms with Crippen LogP contribution < -0.4 is 10.2 Å². The zero-order valence-electron chi connectivity index (χ0n) is 13.8. The molecule has 9 heteroatoms. The van der Waals surface area contributed by atoms with Crippen molar-refractivity contribution in [2.24, 2.45) is 5.10 Å². The number of amides is 1. The first-order valence-electron chi connectivity index (χ1n) is 7.19. The summed E-state index contributed by atoms with van der Waals surface area (Å²) in [6.07, 6.45) is 1.45. The molecule has 1 heterocycles. The Kier molecular flexibility index (Phi) is 7.04. The smallest absolute Gasteiger partial charge is 0.250 e. The van der Waals surface area contributed by atoms with Gasteiger partial charge in [-0.3, -0.25) is 4.79 Å². The Hall–Kier alpha value is -1.83. The lowest BCUT2D eigenvalue weighted by Crippen LogP contribution is -2.19. The number of methoxy groups -OCH3 is 1. The monoisotopic (exact) mass is 398 g/mol. The lowest BCUT2D eigenvalue weighted by Gasteiger charge is -2.06. The number of hydrogen-bond donors (Lipinski definition) is 1. The molecular weight excluding hydrogens is 383 g/mol. The fourth-order valence-electron chi connectivity index (χ4n) is 1.95. The zero-order chi connectivity index (χ0) is 18.4. The molecule has 1 aromatic carbocycles. The van der Waals surface area contributed by atoms with Gasteiger partial charge in [-0.25, -0.2) is 15.4 Å². The van der Waals surface area contributed by atoms with Crippen LogP contribution in [0.25, 0.3) is 0 Å². The molecule has 0 bridgehead atoms. The van der Waals surface area contributed by atoms with Gasteiger partial charge < -0.3 is 4.74 Å². The Morgan fingerprint density at radius 3 is 2.40 bits per heavy atom. The molecule has 0 aliphatic carbocycles. The maximum Gasteiger partial charge on any atom is 0.250 e. The third-order valence-electron chi connectivity index (χ3n) is 2.92. The summed E-state index contributed by atoms with van der Waals surface area (Å²) in [6, 6.07) is 5.15. The average molecular weight is 399 g/mol. The SMILES string of the molecule is COc1c(Cl)cc(/C=N\NC(=O)CSc2nc(C)cc(C)n2)cc1Cl. The van der Waals surface area contributed by atoms with E-state index in [1.165, 1.54) is 25.1 Å². The van der Waals surface area contributed by atoms with Gasteiger partial charge in [0.15, 0.2) is 10.9 Å². The van der Waals surface area contributed by atoms with Gasteiger partial charge in [0.2, 0.25) is 0 Å². The first-order valence-corrected chi connectivity index (χ1v) is 8.93. The number of ether oxygens (including phenoxy) is 1. The van der Waals surface area contributed by atoms with Crippen molar-refractivity contribution in [3.8, 4) is 5.75 Å². The summed E-state index contributed by atoms with van der Waals surface area (Å²) in [7, 11) is 1.48. The van der Waals surface area contributed by atoms with Crippen molar-refractivity contribution < 1.29 is 9.53 Å². The number of nitrogens with zero attached hydrogens (tertiary/aromatic N) is 3. The summed E-state index contributed by atoms with van der Waals surface area (Å²) < 4.78 is 5.07. The average Bonchev–Trinajstić information content (AvgIpc) is 2.52. The predicted molar refractivity (Wildman–Crippen MR) is 101 cm³/mol. The van der Waals surface area contributed by atoms with Gasteiger partial charge in [-0.1, -0.05) is 35.0 Å². The van der Waals surface area contributed by atoms with Crippen molar-refractivity contribution >= 4 is 47.1 Å². The van der Waals surface area contributed by atoms with E-state index in [-0.39, 0.29) is 11.7 Å². The first kappa shape index (κ1) is 19.5. The minimum atomic E-state index is -0.269. The molecule has 0 fully saturated rings. The summed E-state index contributed by atoms with van der Waals surface area (Å²) in [5.41, 5.74) is 4.80. The summed E-state index contributed by atoms with van der Waals surface area (Å²) in [4.78, 5) is 20.4. The van der Waals surface area contributed by atoms with Gasteiger partial charge >= 0.3 is 0 Å². The van der Waals surface area contributed by atoms with E-state index >= 15 is 0 Å². The number of aryl methyl sites for hydroxylation is 2. The van der Waals surface area contributed by atoms with Crippen molar-refractivity contribution in [2.75, 3.05) is 12.9 Å². The first-order chi connectivity index (χ1) is 11.9. The molecule has 0 saturated carbocycles. The van der Waals surface area contributed by atoms with Crippen molar-refractivity contribution in [2.45, 2.75) is 19.0 Å². The minimum absolute atomic E-state index is 0.157. The lowest BCUT2D eigenvalue weighted by atomic mass is 10.2. The van der Waals surface area contributed by atoms with Crippen LogP contribution in [-0.2, 0) is 4.79 Å². The van der Waals surface area contributed by atoms with Crippen LogP contribution in [0.2, 0.25) is 10.0 Å². The summed E-state index contributed by atoms with van der Waals surface area (Å²) in [5, 5.41) is 5.18. The second-order valence-corrected chi connectivity index (χ2v) is 6.79. The number of hydrogen-bond acceptors (Lipinski definition) is 6. The van der Waals surface area contributed by atoms with Crippen LogP contribution in [-0.4, -0.2) is 35.0 Å². The van der Waals surface area contributed by atoms with Crippen LogP contribution in [0.1, 0.15) is 17.0 Å². The largest absolute Gasteiger partial charge is 0.494 e. The standard InChI is InChI=1S/C16H16Cl2N4O2S/c1-9-4-10(2)21-16(20-9)25-8-14(23)22-19-7-11-5-12(17)15(24-3)13(18)6-11/h4-7H,8H2,1-3H3,(H,22,23)/b19-7-. The van der Waals surface area contributed by atoms with Gasteiger partial charge in [-0.2, -0.15) is 5.10 Å². The molecule has 0 saturated heterocycles. The van der Waals surface area contributed by atoms with E-state index in [0.29, 0.717) is 26.5 Å². The molecule has 0 spiro atoms. The van der Waals surface area contributed by atoms with Crippen LogP contribution >= 0.6 is 35.0 Å². The Balaban J connectivity index is 1.90. The molecule has 6 nitrogen and oxygen atoms in total. The van der Waals surface area contributed by atoms with Crippen LogP contribution in [0.15, 0.2) is 28.5 Å². The molecule has 0 atom stereocenters. The number of carbonyl (C=O) groups is 1. The van der Waals surface area contributed by atoms with Crippen molar-refractivity contribution in [3.63, 3.8) is 0 Å². The fourth-order valence-corrected chi connectivity index (χ4v) is 3.35. The third kappa shape index (κ3) is 5.88. The number of aromatic nitrogens is 2. The highest BCUT2D eigenvalue weighted by atomic mass is 35.5. The van der Waals surface area contributed by atoms with Crippen molar-refractivity contribution in [1.82, 2.24) is 15.4 Å². The normalized spacial score (nSPS) is 10.9. The maximum atomic E-state index is 11.8. The molecule has 0 unspecified atom stereocenters. The number of carbonyl (C=O) groups excluding carboxylic acids is 1. The predicted octanol–water partition coefficient (Wildman–Crippen LogP) is 3.65. The molecule has 1 amide bonds. The van der Waals surface area contributed by atoms with Gasteiger partial charge in [-0.15, -0.1) is 0 Å². The second kappa shape index (κ2) is 9.03. The van der Waals surface area contributed by atoms with Gasteiger partial charge in [0.1, 0.15) is 0 Å². The second-order valence-electron chi connectivity index (χ2n) is 5.03. The van der Waals surface area contributed by atoms with Crippen molar-refractivity contribution in [1.29, 1.82) is 0 Å². The maximum absolute atomic E-state index is 11.8. The number of benzene rings is 1. The van der Waals surface area contributed by atoms with E-state index in [1.807, 2.05) is 19.9 Å². The summed E-state index contributed by atoms with van der Waals surface area (Å²) >= 11 is 13.3. The Labute approximate surface area is 160 Å². The zero-order valence-corrected chi connectivity index (χ0v) is 16.2. The molecule has 1 N–H and O–H groups in total. The third-order valence-corrected chi connectivity index (χ3v) is 4.33. The highest BCUT2D eigenvalue weighted by Crippen LogP contribution is 2.33. The molecule has 1 aromatic heterocycles. The number of thioether (sulfide) groups is 1. The van der Waals surface area contributed by atoms with E-state index in [9.17, 15) is 4.79 Å². The highest BCUT2D eigenvalue weighted by Gasteiger charge is 2.08. The number of hydrazone groups is 1. The molecule has 132 valence electrons. The molecule has 0 radical (unpaired) electrons. The number of nitrogens with one attached hydrogen (secondary N) is 1. The van der Waals surface area contributed by atoms with Crippen molar-refractivity contribution in [3.05, 3.63) is 45.2 Å². The van der Waals surface area contributed by atoms with Crippen LogP contribution in [0, 0.1) is 13.8 Å². The van der Waals surface area contributed by atoms with E-state index in [1.54, 1.807) is 12.1 Å². The molecule has 2 rings (SSSR count). The molecule has 2 aromatic rings. The quantitative estimate of drug-likeness (QED) is 0.347. The van der Waals surface area contributed by atoms with E-state index in [0.717, 1.165) is 11.4 Å². The fraction of sp³-hybridized carbons (Fsp3) is 0.250. The molecule has 0 aliphatic heterocycles. The van der Waals surface area contributed by atoms with E-state index in [2.05, 4.69) is 20.5 Å². The van der Waals surface area contributed by atoms with Crippen LogP contribution in [0.4, 0.5) is 0 Å². The van der Waals surface area contributed by atoms with Gasteiger partial charge in [0.25, 0.3) is 5.91 Å². The summed E-state index contributed by atoms with van der Waals surface area (Å²) in [5.74, 6) is 0.286. The Bertz CT molecular complexity index is 771. The van der Waals surface area contributed by atoms with E-state index in [4.69, 9.17) is 27.9 Å². The Morgan fingerprint density at radius 1 is 1.24 bits per heavy atom. The molecular formula is C16H16Cl2N4O2S. The highest BCUT2D eigenvalue weighted by molar-refractivity contribution is 7.99. The van der Waals surface area contributed by atoms with Gasteiger partial charge in [-0.05, 0) is 37.6 Å². The molecule has 25 heavy (non-hydrogen) atoms. The van der Waals surface area contributed by atoms with Gasteiger partial charge in [0.05, 0.1) is 29.1 Å². The van der Waals surface area contributed by atoms with Crippen LogP contribution in [0.5, 0.6) is 5.75 Å².